The molecule has 1 aliphatic heterocycles. The molecule has 0 radical (unpaired) electrons. The second-order valence-electron chi connectivity index (χ2n) is 5.98. The summed E-state index contributed by atoms with van der Waals surface area (Å²) in [5.41, 5.74) is 1.46. The Bertz CT molecular complexity index is 664. The van der Waals surface area contributed by atoms with Crippen LogP contribution in [0.3, 0.4) is 0 Å². The third-order valence-corrected chi connectivity index (χ3v) is 4.10. The molecular weight excluding hydrogens is 316 g/mol. The van der Waals surface area contributed by atoms with E-state index in [2.05, 4.69) is 34.3 Å². The van der Waals surface area contributed by atoms with Crippen LogP contribution in [0.25, 0.3) is 0 Å². The Labute approximate surface area is 141 Å². The molecule has 1 fully saturated rings. The highest BCUT2D eigenvalue weighted by atomic mass is 35.5. The molecule has 23 heavy (non-hydrogen) atoms. The zero-order chi connectivity index (χ0) is 15.7. The second kappa shape index (κ2) is 7.14. The molecule has 2 N–H and O–H groups in total. The number of carbonyl (C=O) groups excluding carboxylic acids is 1. The standard InChI is InChI=1S/C15H22N6O.ClH/c1-10(2)11-8-12(19-18-11)15(22)21-7-4-16-9-13(21)14-17-5-6-20(14)3;/h5-6,8,10,13,16H,4,7,9H2,1-3H3,(H,18,19);1H. The number of imidazole rings is 1. The fourth-order valence-corrected chi connectivity index (χ4v) is 2.77. The van der Waals surface area contributed by atoms with Crippen LogP contribution >= 0.6 is 12.4 Å². The van der Waals surface area contributed by atoms with Gasteiger partial charge in [0.2, 0.25) is 0 Å². The van der Waals surface area contributed by atoms with Crippen molar-refractivity contribution in [2.75, 3.05) is 19.6 Å². The monoisotopic (exact) mass is 338 g/mol. The summed E-state index contributed by atoms with van der Waals surface area (Å²) >= 11 is 0. The molecule has 2 aromatic heterocycles. The van der Waals surface area contributed by atoms with Crippen molar-refractivity contribution >= 4 is 18.3 Å². The molecule has 8 heteroatoms. The fraction of sp³-hybridized carbons (Fsp3) is 0.533. The van der Waals surface area contributed by atoms with Crippen LogP contribution in [0.1, 0.15) is 47.8 Å². The van der Waals surface area contributed by atoms with Gasteiger partial charge in [-0.25, -0.2) is 4.98 Å². The van der Waals surface area contributed by atoms with Crippen LogP contribution in [0.2, 0.25) is 0 Å². The molecule has 2 aromatic rings. The number of aryl methyl sites for hydroxylation is 1. The van der Waals surface area contributed by atoms with Crippen LogP contribution in [0.4, 0.5) is 0 Å². The summed E-state index contributed by atoms with van der Waals surface area (Å²) in [6, 6.07) is 1.78. The van der Waals surface area contributed by atoms with Crippen molar-refractivity contribution in [1.29, 1.82) is 0 Å². The van der Waals surface area contributed by atoms with E-state index >= 15 is 0 Å². The van der Waals surface area contributed by atoms with Crippen LogP contribution in [0.5, 0.6) is 0 Å². The molecule has 1 unspecified atom stereocenters. The van der Waals surface area contributed by atoms with Crippen molar-refractivity contribution in [3.05, 3.63) is 35.7 Å². The van der Waals surface area contributed by atoms with Crippen molar-refractivity contribution < 1.29 is 4.79 Å². The average Bonchev–Trinajstić information content (AvgIpc) is 3.15. The summed E-state index contributed by atoms with van der Waals surface area (Å²) < 4.78 is 1.96. The number of aromatic amines is 1. The van der Waals surface area contributed by atoms with Gasteiger partial charge in [0, 0.05) is 44.8 Å². The van der Waals surface area contributed by atoms with Gasteiger partial charge in [0.1, 0.15) is 17.6 Å². The third-order valence-electron chi connectivity index (χ3n) is 4.10. The van der Waals surface area contributed by atoms with Crippen molar-refractivity contribution in [3.8, 4) is 0 Å². The molecule has 0 spiro atoms. The van der Waals surface area contributed by atoms with Crippen molar-refractivity contribution in [1.82, 2.24) is 30.0 Å². The SMILES string of the molecule is CC(C)c1cc(C(=O)N2CCNCC2c2nccn2C)n[nH]1.Cl. The minimum absolute atomic E-state index is 0. The number of amides is 1. The largest absolute Gasteiger partial charge is 0.336 e. The van der Waals surface area contributed by atoms with Gasteiger partial charge in [-0.2, -0.15) is 5.10 Å². The molecule has 0 bridgehead atoms. The predicted molar refractivity (Wildman–Crippen MR) is 89.8 cm³/mol. The van der Waals surface area contributed by atoms with E-state index in [0.717, 1.165) is 18.1 Å². The number of hydrogen-bond donors (Lipinski definition) is 2. The van der Waals surface area contributed by atoms with E-state index in [1.807, 2.05) is 28.8 Å². The Kier molecular flexibility index (Phi) is 5.43. The van der Waals surface area contributed by atoms with Crippen LogP contribution in [-0.4, -0.2) is 50.2 Å². The van der Waals surface area contributed by atoms with E-state index in [-0.39, 0.29) is 24.4 Å². The topological polar surface area (TPSA) is 78.8 Å². The van der Waals surface area contributed by atoms with E-state index in [9.17, 15) is 4.79 Å². The van der Waals surface area contributed by atoms with Crippen LogP contribution < -0.4 is 5.32 Å². The minimum Gasteiger partial charge on any atom is -0.336 e. The number of carbonyl (C=O) groups is 1. The summed E-state index contributed by atoms with van der Waals surface area (Å²) in [5, 5.41) is 10.5. The maximum atomic E-state index is 12.8. The normalized spacial score (nSPS) is 18.1. The maximum absolute atomic E-state index is 12.8. The molecule has 3 heterocycles. The Balaban J connectivity index is 0.00000192. The van der Waals surface area contributed by atoms with Crippen LogP contribution in [0, 0.1) is 0 Å². The molecule has 0 aromatic carbocycles. The first-order chi connectivity index (χ1) is 10.6. The molecule has 0 aliphatic carbocycles. The molecule has 7 nitrogen and oxygen atoms in total. The smallest absolute Gasteiger partial charge is 0.275 e. The van der Waals surface area contributed by atoms with Crippen molar-refractivity contribution in [3.63, 3.8) is 0 Å². The maximum Gasteiger partial charge on any atom is 0.275 e. The van der Waals surface area contributed by atoms with Crippen molar-refractivity contribution in [2.24, 2.45) is 7.05 Å². The first-order valence-electron chi connectivity index (χ1n) is 7.62. The number of piperazine rings is 1. The summed E-state index contributed by atoms with van der Waals surface area (Å²) in [5.74, 6) is 1.17. The van der Waals surface area contributed by atoms with Gasteiger partial charge in [0.05, 0.1) is 0 Å². The number of halogens is 1. The highest BCUT2D eigenvalue weighted by molar-refractivity contribution is 5.92. The number of H-pyrrole nitrogens is 1. The number of nitrogens with one attached hydrogen (secondary N) is 2. The lowest BCUT2D eigenvalue weighted by Crippen LogP contribution is -2.49. The van der Waals surface area contributed by atoms with Crippen molar-refractivity contribution in [2.45, 2.75) is 25.8 Å². The zero-order valence-corrected chi connectivity index (χ0v) is 14.4. The van der Waals surface area contributed by atoms with Gasteiger partial charge in [-0.1, -0.05) is 13.8 Å². The van der Waals surface area contributed by atoms with Gasteiger partial charge >= 0.3 is 0 Å². The summed E-state index contributed by atoms with van der Waals surface area (Å²) in [6.45, 7) is 6.29. The molecule has 1 amide bonds. The molecule has 1 saturated heterocycles. The van der Waals surface area contributed by atoms with Gasteiger partial charge in [-0.05, 0) is 12.0 Å². The van der Waals surface area contributed by atoms with Gasteiger partial charge in [0.25, 0.3) is 5.91 Å². The summed E-state index contributed by atoms with van der Waals surface area (Å²) in [4.78, 5) is 19.1. The third kappa shape index (κ3) is 3.40. The molecule has 0 saturated carbocycles. The Morgan fingerprint density at radius 1 is 1.43 bits per heavy atom. The van der Waals surface area contributed by atoms with E-state index < -0.39 is 0 Å². The second-order valence-corrected chi connectivity index (χ2v) is 5.98. The first kappa shape index (κ1) is 17.5. The van der Waals surface area contributed by atoms with Crippen LogP contribution in [-0.2, 0) is 7.05 Å². The molecular formula is C15H23ClN6O. The molecule has 1 aliphatic rings. The highest BCUT2D eigenvalue weighted by Gasteiger charge is 2.32. The Morgan fingerprint density at radius 2 is 2.22 bits per heavy atom. The highest BCUT2D eigenvalue weighted by Crippen LogP contribution is 2.23. The minimum atomic E-state index is -0.0690. The lowest BCUT2D eigenvalue weighted by atomic mass is 10.1. The molecule has 126 valence electrons. The first-order valence-corrected chi connectivity index (χ1v) is 7.62. The predicted octanol–water partition coefficient (Wildman–Crippen LogP) is 1.48. The van der Waals surface area contributed by atoms with Gasteiger partial charge in [-0.15, -0.1) is 12.4 Å². The molecule has 1 atom stereocenters. The van der Waals surface area contributed by atoms with Gasteiger partial charge < -0.3 is 14.8 Å². The Morgan fingerprint density at radius 3 is 2.83 bits per heavy atom. The summed E-state index contributed by atoms with van der Waals surface area (Å²) in [6.07, 6.45) is 3.66. The Hall–Kier alpha value is -1.86. The fourth-order valence-electron chi connectivity index (χ4n) is 2.77. The van der Waals surface area contributed by atoms with E-state index in [1.165, 1.54) is 0 Å². The van der Waals surface area contributed by atoms with Crippen LogP contribution in [0.15, 0.2) is 18.5 Å². The van der Waals surface area contributed by atoms with Gasteiger partial charge in [-0.3, -0.25) is 9.89 Å². The number of hydrogen-bond acceptors (Lipinski definition) is 4. The molecule has 3 rings (SSSR count). The number of aromatic nitrogens is 4. The lowest BCUT2D eigenvalue weighted by Gasteiger charge is -2.35. The zero-order valence-electron chi connectivity index (χ0n) is 13.6. The van der Waals surface area contributed by atoms with E-state index in [4.69, 9.17) is 0 Å². The quantitative estimate of drug-likeness (QED) is 0.888. The number of rotatable bonds is 3. The average molecular weight is 339 g/mol. The lowest BCUT2D eigenvalue weighted by molar-refractivity contribution is 0.0614. The summed E-state index contributed by atoms with van der Waals surface area (Å²) in [7, 11) is 1.95. The van der Waals surface area contributed by atoms with Gasteiger partial charge in [0.15, 0.2) is 0 Å². The van der Waals surface area contributed by atoms with E-state index in [0.29, 0.717) is 24.7 Å². The number of nitrogens with zero attached hydrogens (tertiary/aromatic N) is 4. The van der Waals surface area contributed by atoms with E-state index in [1.54, 1.807) is 6.20 Å².